The Morgan fingerprint density at radius 3 is 2.54 bits per heavy atom. The molecule has 24 heavy (non-hydrogen) atoms. The molecule has 7 nitrogen and oxygen atoms in total. The van der Waals surface area contributed by atoms with Gasteiger partial charge in [0.25, 0.3) is 11.8 Å². The molecule has 0 aliphatic carbocycles. The third-order valence-electron chi connectivity index (χ3n) is 3.91. The molecule has 2 heterocycles. The summed E-state index contributed by atoms with van der Waals surface area (Å²) in [7, 11) is 0. The van der Waals surface area contributed by atoms with Gasteiger partial charge in [0, 0.05) is 13.1 Å². The summed E-state index contributed by atoms with van der Waals surface area (Å²) in [5.41, 5.74) is 0.941. The van der Waals surface area contributed by atoms with Gasteiger partial charge in [0.1, 0.15) is 17.1 Å². The molecule has 0 N–H and O–H groups in total. The minimum atomic E-state index is -0.267. The lowest BCUT2D eigenvalue weighted by Crippen LogP contribution is -2.46. The first-order valence-corrected chi connectivity index (χ1v) is 7.81. The Morgan fingerprint density at radius 1 is 1.17 bits per heavy atom. The number of carbonyl (C=O) groups is 2. The topological polar surface area (TPSA) is 75.9 Å². The smallest absolute Gasteiger partial charge is 0.279 e. The zero-order chi connectivity index (χ0) is 17.1. The monoisotopic (exact) mass is 329 g/mol. The summed E-state index contributed by atoms with van der Waals surface area (Å²) in [5.74, 6) is 0.555. The van der Waals surface area contributed by atoms with Crippen molar-refractivity contribution in [3.63, 3.8) is 0 Å². The molecule has 3 rings (SSSR count). The Labute approximate surface area is 139 Å². The Bertz CT molecular complexity index is 722. The van der Waals surface area contributed by atoms with Crippen molar-refractivity contribution < 1.29 is 18.8 Å². The van der Waals surface area contributed by atoms with Crippen molar-refractivity contribution in [3.05, 3.63) is 47.3 Å². The molecular weight excluding hydrogens is 310 g/mol. The molecule has 1 aromatic carbocycles. The minimum Gasteiger partial charge on any atom is -0.484 e. The van der Waals surface area contributed by atoms with Gasteiger partial charge in [-0.05, 0) is 32.4 Å². The lowest BCUT2D eigenvalue weighted by atomic mass is 10.2. The average Bonchev–Trinajstić information content (AvgIpc) is 3.20. The van der Waals surface area contributed by atoms with Gasteiger partial charge in [0.2, 0.25) is 0 Å². The number of nitrogens with zero attached hydrogens (tertiary/aromatic N) is 3. The molecule has 1 aliphatic heterocycles. The van der Waals surface area contributed by atoms with Crippen LogP contribution in [0.1, 0.15) is 28.2 Å². The summed E-state index contributed by atoms with van der Waals surface area (Å²) in [6.45, 7) is 4.26. The fourth-order valence-electron chi connectivity index (χ4n) is 2.74. The number of aryl methyl sites for hydroxylation is 2. The van der Waals surface area contributed by atoms with Crippen LogP contribution in [0.15, 0.2) is 34.9 Å². The number of hydrazine groups is 1. The van der Waals surface area contributed by atoms with Crippen LogP contribution in [0.3, 0.4) is 0 Å². The van der Waals surface area contributed by atoms with Crippen LogP contribution >= 0.6 is 0 Å². The second-order valence-electron chi connectivity index (χ2n) is 5.60. The Hall–Kier alpha value is -2.83. The number of aromatic nitrogens is 1. The summed E-state index contributed by atoms with van der Waals surface area (Å²) in [6.07, 6.45) is 0.728. The van der Waals surface area contributed by atoms with Gasteiger partial charge in [-0.25, -0.2) is 10.0 Å². The molecule has 126 valence electrons. The van der Waals surface area contributed by atoms with Gasteiger partial charge in [-0.15, -0.1) is 0 Å². The first-order valence-electron chi connectivity index (χ1n) is 7.81. The Kier molecular flexibility index (Phi) is 4.50. The fourth-order valence-corrected chi connectivity index (χ4v) is 2.74. The van der Waals surface area contributed by atoms with E-state index in [1.807, 2.05) is 18.2 Å². The number of hydrogen-bond donors (Lipinski definition) is 0. The molecule has 0 unspecified atom stereocenters. The SMILES string of the molecule is Cc1noc(C)c1C(=O)N1CCCN1C(=O)COc1ccccc1. The Morgan fingerprint density at radius 2 is 1.88 bits per heavy atom. The molecule has 0 spiro atoms. The molecule has 0 saturated carbocycles. The average molecular weight is 329 g/mol. The summed E-state index contributed by atoms with van der Waals surface area (Å²) in [6, 6.07) is 9.11. The third-order valence-corrected chi connectivity index (χ3v) is 3.91. The molecule has 2 amide bonds. The molecule has 1 aliphatic rings. The van der Waals surface area contributed by atoms with Gasteiger partial charge >= 0.3 is 0 Å². The number of rotatable bonds is 4. The highest BCUT2D eigenvalue weighted by atomic mass is 16.5. The van der Waals surface area contributed by atoms with E-state index in [2.05, 4.69) is 5.16 Å². The van der Waals surface area contributed by atoms with Gasteiger partial charge in [-0.1, -0.05) is 23.4 Å². The zero-order valence-corrected chi connectivity index (χ0v) is 13.7. The maximum Gasteiger partial charge on any atom is 0.279 e. The summed E-state index contributed by atoms with van der Waals surface area (Å²) in [4.78, 5) is 25.2. The van der Waals surface area contributed by atoms with E-state index in [1.54, 1.807) is 26.0 Å². The summed E-state index contributed by atoms with van der Waals surface area (Å²) >= 11 is 0. The van der Waals surface area contributed by atoms with Crippen molar-refractivity contribution in [2.24, 2.45) is 0 Å². The second kappa shape index (κ2) is 6.74. The van der Waals surface area contributed by atoms with E-state index >= 15 is 0 Å². The number of amides is 2. The van der Waals surface area contributed by atoms with E-state index < -0.39 is 0 Å². The highest BCUT2D eigenvalue weighted by molar-refractivity contribution is 5.97. The third kappa shape index (κ3) is 3.10. The summed E-state index contributed by atoms with van der Waals surface area (Å²) < 4.78 is 10.5. The zero-order valence-electron chi connectivity index (χ0n) is 13.7. The molecule has 1 fully saturated rings. The number of carbonyl (C=O) groups excluding carboxylic acids is 2. The number of benzene rings is 1. The molecule has 0 atom stereocenters. The van der Waals surface area contributed by atoms with Crippen LogP contribution in [0.25, 0.3) is 0 Å². The molecule has 1 aromatic heterocycles. The van der Waals surface area contributed by atoms with Gasteiger partial charge in [-0.2, -0.15) is 0 Å². The van der Waals surface area contributed by atoms with Gasteiger partial charge in [0.15, 0.2) is 6.61 Å². The van der Waals surface area contributed by atoms with Crippen LogP contribution in [0.5, 0.6) is 5.75 Å². The number of para-hydroxylation sites is 1. The van der Waals surface area contributed by atoms with Crippen molar-refractivity contribution in [2.45, 2.75) is 20.3 Å². The quantitative estimate of drug-likeness (QED) is 0.857. The highest BCUT2D eigenvalue weighted by Gasteiger charge is 2.34. The summed E-state index contributed by atoms with van der Waals surface area (Å²) in [5, 5.41) is 6.69. The van der Waals surface area contributed by atoms with Crippen molar-refractivity contribution in [2.75, 3.05) is 19.7 Å². The predicted molar refractivity (Wildman–Crippen MR) is 85.3 cm³/mol. The second-order valence-corrected chi connectivity index (χ2v) is 5.60. The standard InChI is InChI=1S/C17H19N3O4/c1-12-16(13(2)24-18-12)17(22)20-10-6-9-19(20)15(21)11-23-14-7-4-3-5-8-14/h3-5,7-8H,6,9-11H2,1-2H3. The highest BCUT2D eigenvalue weighted by Crippen LogP contribution is 2.20. The van der Waals surface area contributed by atoms with Crippen molar-refractivity contribution >= 4 is 11.8 Å². The first-order chi connectivity index (χ1) is 11.6. The van der Waals surface area contributed by atoms with Crippen molar-refractivity contribution in [1.82, 2.24) is 15.2 Å². The Balaban J connectivity index is 1.69. The lowest BCUT2D eigenvalue weighted by Gasteiger charge is -2.27. The van der Waals surface area contributed by atoms with E-state index in [0.717, 1.165) is 6.42 Å². The lowest BCUT2D eigenvalue weighted by molar-refractivity contribution is -0.142. The van der Waals surface area contributed by atoms with E-state index in [0.29, 0.717) is 35.9 Å². The van der Waals surface area contributed by atoms with Crippen molar-refractivity contribution in [3.8, 4) is 5.75 Å². The van der Waals surface area contributed by atoms with Gasteiger partial charge in [-0.3, -0.25) is 9.59 Å². The number of hydrogen-bond acceptors (Lipinski definition) is 5. The minimum absolute atomic E-state index is 0.116. The van der Waals surface area contributed by atoms with Crippen LogP contribution in [0.2, 0.25) is 0 Å². The molecule has 0 bridgehead atoms. The predicted octanol–water partition coefficient (Wildman–Crippen LogP) is 1.96. The molecule has 1 saturated heterocycles. The number of ether oxygens (including phenoxy) is 1. The van der Waals surface area contributed by atoms with E-state index in [9.17, 15) is 9.59 Å². The van der Waals surface area contributed by atoms with Crippen LogP contribution in [-0.2, 0) is 4.79 Å². The molecule has 7 heteroatoms. The molecule has 2 aromatic rings. The molecular formula is C17H19N3O4. The molecule has 0 radical (unpaired) electrons. The van der Waals surface area contributed by atoms with Gasteiger partial charge in [0.05, 0.1) is 5.69 Å². The van der Waals surface area contributed by atoms with Gasteiger partial charge < -0.3 is 9.26 Å². The maximum atomic E-state index is 12.7. The van der Waals surface area contributed by atoms with E-state index in [4.69, 9.17) is 9.26 Å². The van der Waals surface area contributed by atoms with E-state index in [1.165, 1.54) is 10.0 Å². The van der Waals surface area contributed by atoms with Crippen LogP contribution in [0.4, 0.5) is 0 Å². The largest absolute Gasteiger partial charge is 0.484 e. The van der Waals surface area contributed by atoms with E-state index in [-0.39, 0.29) is 18.4 Å². The van der Waals surface area contributed by atoms with Crippen LogP contribution < -0.4 is 4.74 Å². The normalized spacial score (nSPS) is 14.1. The van der Waals surface area contributed by atoms with Crippen LogP contribution in [-0.4, -0.2) is 46.7 Å². The fraction of sp³-hybridized carbons (Fsp3) is 0.353. The maximum absolute atomic E-state index is 12.7. The first kappa shape index (κ1) is 16.0. The van der Waals surface area contributed by atoms with Crippen LogP contribution in [0, 0.1) is 13.8 Å². The van der Waals surface area contributed by atoms with Crippen molar-refractivity contribution in [1.29, 1.82) is 0 Å².